The molecule has 2 aliphatic rings. The predicted molar refractivity (Wildman–Crippen MR) is 55.8 cm³/mol. The molecule has 3 unspecified atom stereocenters. The number of nitrogens with one attached hydrogen (secondary N) is 1. The van der Waals surface area contributed by atoms with E-state index in [1.807, 2.05) is 0 Å². The summed E-state index contributed by atoms with van der Waals surface area (Å²) >= 11 is 0. The molecule has 0 saturated carbocycles. The molecule has 0 radical (unpaired) electrons. The van der Waals surface area contributed by atoms with Gasteiger partial charge in [-0.25, -0.2) is 0 Å². The van der Waals surface area contributed by atoms with Crippen LogP contribution in [0.5, 0.6) is 0 Å². The first-order valence-electron chi connectivity index (χ1n) is 5.68. The Morgan fingerprint density at radius 1 is 1.50 bits per heavy atom. The number of likely N-dealkylation sites (tertiary alicyclic amines) is 1. The van der Waals surface area contributed by atoms with E-state index in [2.05, 4.69) is 23.2 Å². The van der Waals surface area contributed by atoms with E-state index in [9.17, 15) is 0 Å². The molecule has 1 N–H and O–H groups in total. The van der Waals surface area contributed by atoms with Gasteiger partial charge in [0.15, 0.2) is 0 Å². The largest absolute Gasteiger partial charge is 0.312 e. The Morgan fingerprint density at radius 2 is 2.36 bits per heavy atom. The molecule has 0 aromatic carbocycles. The van der Waals surface area contributed by atoms with Crippen molar-refractivity contribution in [3.05, 3.63) is 0 Å². The number of hydrogen-bond donors (Lipinski definition) is 1. The molecule has 2 heterocycles. The summed E-state index contributed by atoms with van der Waals surface area (Å²) in [6, 6.07) is 3.64. The van der Waals surface area contributed by atoms with Gasteiger partial charge in [-0.3, -0.25) is 4.90 Å². The van der Waals surface area contributed by atoms with Crippen LogP contribution in [0.2, 0.25) is 0 Å². The SMILES string of the molecule is CC(C1CCCN1)N1CCC(C#N)C1. The second-order valence-electron chi connectivity index (χ2n) is 4.55. The van der Waals surface area contributed by atoms with E-state index in [1.54, 1.807) is 0 Å². The molecule has 78 valence electrons. The third-order valence-corrected chi connectivity index (χ3v) is 3.66. The summed E-state index contributed by atoms with van der Waals surface area (Å²) in [5, 5.41) is 12.4. The van der Waals surface area contributed by atoms with E-state index >= 15 is 0 Å². The first kappa shape index (κ1) is 9.95. The zero-order chi connectivity index (χ0) is 9.97. The highest BCUT2D eigenvalue weighted by atomic mass is 15.2. The van der Waals surface area contributed by atoms with Crippen LogP contribution in [-0.4, -0.2) is 36.6 Å². The van der Waals surface area contributed by atoms with Crippen LogP contribution in [0.15, 0.2) is 0 Å². The van der Waals surface area contributed by atoms with Gasteiger partial charge in [-0.2, -0.15) is 5.26 Å². The summed E-state index contributed by atoms with van der Waals surface area (Å²) < 4.78 is 0. The van der Waals surface area contributed by atoms with Crippen LogP contribution >= 0.6 is 0 Å². The van der Waals surface area contributed by atoms with Crippen LogP contribution < -0.4 is 5.32 Å². The van der Waals surface area contributed by atoms with Gasteiger partial charge >= 0.3 is 0 Å². The molecule has 2 fully saturated rings. The zero-order valence-corrected chi connectivity index (χ0v) is 8.87. The third kappa shape index (κ3) is 1.92. The second kappa shape index (κ2) is 4.29. The van der Waals surface area contributed by atoms with E-state index in [1.165, 1.54) is 19.4 Å². The standard InChI is InChI=1S/C11H19N3/c1-9(11-3-2-5-13-11)14-6-4-10(7-12)8-14/h9-11,13H,2-6,8H2,1H3. The topological polar surface area (TPSA) is 39.1 Å². The van der Waals surface area contributed by atoms with E-state index in [4.69, 9.17) is 5.26 Å². The Bertz CT molecular complexity index is 227. The molecule has 3 nitrogen and oxygen atoms in total. The molecule has 3 atom stereocenters. The summed E-state index contributed by atoms with van der Waals surface area (Å²) in [5.41, 5.74) is 0. The lowest BCUT2D eigenvalue weighted by atomic mass is 10.1. The predicted octanol–water partition coefficient (Wildman–Crippen LogP) is 0.972. The van der Waals surface area contributed by atoms with Crippen molar-refractivity contribution in [2.75, 3.05) is 19.6 Å². The van der Waals surface area contributed by atoms with Gasteiger partial charge < -0.3 is 5.32 Å². The quantitative estimate of drug-likeness (QED) is 0.710. The van der Waals surface area contributed by atoms with Crippen LogP contribution in [0.25, 0.3) is 0 Å². The number of hydrogen-bond acceptors (Lipinski definition) is 3. The number of nitriles is 1. The maximum atomic E-state index is 8.84. The third-order valence-electron chi connectivity index (χ3n) is 3.66. The van der Waals surface area contributed by atoms with Crippen molar-refractivity contribution in [3.63, 3.8) is 0 Å². The fourth-order valence-corrected chi connectivity index (χ4v) is 2.64. The van der Waals surface area contributed by atoms with Gasteiger partial charge in [-0.15, -0.1) is 0 Å². The molecule has 0 aliphatic carbocycles. The number of rotatable bonds is 2. The molecule has 2 aliphatic heterocycles. The maximum absolute atomic E-state index is 8.84. The minimum atomic E-state index is 0.277. The van der Waals surface area contributed by atoms with Crippen molar-refractivity contribution in [2.45, 2.75) is 38.3 Å². The summed E-state index contributed by atoms with van der Waals surface area (Å²) in [6.07, 6.45) is 3.67. The van der Waals surface area contributed by atoms with Crippen molar-refractivity contribution < 1.29 is 0 Å². The van der Waals surface area contributed by atoms with Gasteiger partial charge in [0, 0.05) is 18.6 Å². The monoisotopic (exact) mass is 193 g/mol. The van der Waals surface area contributed by atoms with Gasteiger partial charge in [-0.1, -0.05) is 0 Å². The molecule has 0 aromatic heterocycles. The van der Waals surface area contributed by atoms with E-state index in [-0.39, 0.29) is 5.92 Å². The Labute approximate surface area is 86.1 Å². The van der Waals surface area contributed by atoms with Crippen LogP contribution in [0, 0.1) is 17.2 Å². The van der Waals surface area contributed by atoms with E-state index < -0.39 is 0 Å². The van der Waals surface area contributed by atoms with Crippen molar-refractivity contribution in [2.24, 2.45) is 5.92 Å². The van der Waals surface area contributed by atoms with Crippen molar-refractivity contribution in [3.8, 4) is 6.07 Å². The van der Waals surface area contributed by atoms with Crippen LogP contribution in [0.3, 0.4) is 0 Å². The summed E-state index contributed by atoms with van der Waals surface area (Å²) in [5.74, 6) is 0.277. The smallest absolute Gasteiger partial charge is 0.0669 e. The zero-order valence-electron chi connectivity index (χ0n) is 8.87. The fourth-order valence-electron chi connectivity index (χ4n) is 2.64. The fraction of sp³-hybridized carbons (Fsp3) is 0.909. The average molecular weight is 193 g/mol. The van der Waals surface area contributed by atoms with Gasteiger partial charge in [0.1, 0.15) is 0 Å². The molecule has 2 saturated heterocycles. The van der Waals surface area contributed by atoms with Crippen molar-refractivity contribution in [1.29, 1.82) is 5.26 Å². The molecule has 14 heavy (non-hydrogen) atoms. The first-order valence-corrected chi connectivity index (χ1v) is 5.68. The van der Waals surface area contributed by atoms with Gasteiger partial charge in [0.05, 0.1) is 12.0 Å². The average Bonchev–Trinajstić information content (AvgIpc) is 2.88. The lowest BCUT2D eigenvalue weighted by Crippen LogP contribution is -2.44. The molecular weight excluding hydrogens is 174 g/mol. The molecule has 0 bridgehead atoms. The highest BCUT2D eigenvalue weighted by Crippen LogP contribution is 2.22. The highest BCUT2D eigenvalue weighted by molar-refractivity contribution is 4.95. The molecule has 3 heteroatoms. The summed E-state index contributed by atoms with van der Waals surface area (Å²) in [4.78, 5) is 2.47. The first-order chi connectivity index (χ1) is 6.81. The van der Waals surface area contributed by atoms with Crippen LogP contribution in [0.4, 0.5) is 0 Å². The number of nitrogens with zero attached hydrogens (tertiary/aromatic N) is 2. The maximum Gasteiger partial charge on any atom is 0.0669 e. The Kier molecular flexibility index (Phi) is 3.05. The summed E-state index contributed by atoms with van der Waals surface area (Å²) in [7, 11) is 0. The summed E-state index contributed by atoms with van der Waals surface area (Å²) in [6.45, 7) is 5.56. The molecular formula is C11H19N3. The molecule has 0 spiro atoms. The minimum Gasteiger partial charge on any atom is -0.312 e. The second-order valence-corrected chi connectivity index (χ2v) is 4.55. The Balaban J connectivity index is 1.86. The van der Waals surface area contributed by atoms with Crippen LogP contribution in [-0.2, 0) is 0 Å². The van der Waals surface area contributed by atoms with E-state index in [0.29, 0.717) is 12.1 Å². The van der Waals surface area contributed by atoms with Crippen molar-refractivity contribution in [1.82, 2.24) is 10.2 Å². The van der Waals surface area contributed by atoms with Gasteiger partial charge in [-0.05, 0) is 39.3 Å². The molecule has 2 rings (SSSR count). The minimum absolute atomic E-state index is 0.277. The molecule has 0 amide bonds. The van der Waals surface area contributed by atoms with E-state index in [0.717, 1.165) is 19.5 Å². The Hall–Kier alpha value is -0.590. The van der Waals surface area contributed by atoms with Crippen LogP contribution in [0.1, 0.15) is 26.2 Å². The lowest BCUT2D eigenvalue weighted by Gasteiger charge is -2.29. The molecule has 0 aromatic rings. The van der Waals surface area contributed by atoms with Gasteiger partial charge in [0.25, 0.3) is 0 Å². The highest BCUT2D eigenvalue weighted by Gasteiger charge is 2.31. The normalized spacial score (nSPS) is 35.7. The Morgan fingerprint density at radius 3 is 2.93 bits per heavy atom. The van der Waals surface area contributed by atoms with Crippen molar-refractivity contribution >= 4 is 0 Å². The van der Waals surface area contributed by atoms with Gasteiger partial charge in [0.2, 0.25) is 0 Å². The lowest BCUT2D eigenvalue weighted by molar-refractivity contribution is 0.212.